The first-order chi connectivity index (χ1) is 12.4. The van der Waals surface area contributed by atoms with Crippen molar-refractivity contribution >= 4 is 23.6 Å². The topological polar surface area (TPSA) is 79.7 Å². The fraction of sp³-hybridized carbons (Fsp3) is 0.278. The number of nitrogens with zero attached hydrogens (tertiary/aromatic N) is 2. The predicted molar refractivity (Wildman–Crippen MR) is 91.0 cm³/mol. The van der Waals surface area contributed by atoms with E-state index in [1.165, 1.54) is 24.4 Å². The van der Waals surface area contributed by atoms with Gasteiger partial charge in [-0.05, 0) is 51.1 Å². The normalized spacial score (nSPS) is 11.8. The third-order valence-electron chi connectivity index (χ3n) is 3.24. The molecule has 0 unspecified atom stereocenters. The summed E-state index contributed by atoms with van der Waals surface area (Å²) in [6.45, 7) is 4.73. The summed E-state index contributed by atoms with van der Waals surface area (Å²) in [6.07, 6.45) is -4.47. The first-order valence-corrected chi connectivity index (χ1v) is 7.79. The summed E-state index contributed by atoms with van der Waals surface area (Å²) in [6, 6.07) is 6.44. The number of ether oxygens (including phenoxy) is 1. The summed E-state index contributed by atoms with van der Waals surface area (Å²) in [4.78, 5) is 28.8. The van der Waals surface area contributed by atoms with Gasteiger partial charge in [0.25, 0.3) is 0 Å². The number of pyridine rings is 1. The average molecular weight is 382 g/mol. The van der Waals surface area contributed by atoms with Gasteiger partial charge in [0, 0.05) is 6.20 Å². The molecule has 144 valence electrons. The maximum absolute atomic E-state index is 13.1. The number of anilines is 2. The van der Waals surface area contributed by atoms with Crippen molar-refractivity contribution in [2.24, 2.45) is 0 Å². The zero-order chi connectivity index (χ0) is 20.4. The fourth-order valence-corrected chi connectivity index (χ4v) is 2.19. The van der Waals surface area contributed by atoms with Crippen LogP contribution in [0.1, 0.15) is 36.7 Å². The summed E-state index contributed by atoms with van der Waals surface area (Å²) in [5.41, 5.74) is -2.54. The van der Waals surface area contributed by atoms with Crippen molar-refractivity contribution in [3.05, 3.63) is 53.7 Å². The van der Waals surface area contributed by atoms with Gasteiger partial charge in [-0.1, -0.05) is 6.07 Å². The Labute approximate surface area is 153 Å². The number of hydrogen-bond donors (Lipinski definition) is 1. The van der Waals surface area contributed by atoms with Crippen molar-refractivity contribution < 1.29 is 32.6 Å². The van der Waals surface area contributed by atoms with Crippen molar-refractivity contribution in [3.8, 4) is 0 Å². The van der Waals surface area contributed by atoms with E-state index in [1.54, 1.807) is 20.8 Å². The van der Waals surface area contributed by atoms with E-state index in [2.05, 4.69) is 4.98 Å². The number of alkyl halides is 3. The highest BCUT2D eigenvalue weighted by atomic mass is 19.4. The Bertz CT molecular complexity index is 860. The smallest absolute Gasteiger partial charge is 0.420 e. The molecule has 0 aliphatic carbocycles. The number of carboxylic acids is 1. The molecule has 27 heavy (non-hydrogen) atoms. The number of benzene rings is 1. The maximum atomic E-state index is 13.1. The molecule has 1 aromatic heterocycles. The highest BCUT2D eigenvalue weighted by molar-refractivity contribution is 6.02. The Hall–Kier alpha value is -3.10. The Morgan fingerprint density at radius 3 is 2.33 bits per heavy atom. The lowest BCUT2D eigenvalue weighted by molar-refractivity contribution is -0.137. The van der Waals surface area contributed by atoms with Gasteiger partial charge in [-0.3, -0.25) is 0 Å². The number of amides is 1. The Balaban J connectivity index is 2.66. The lowest BCUT2D eigenvalue weighted by atomic mass is 10.1. The number of hydrogen-bond acceptors (Lipinski definition) is 4. The van der Waals surface area contributed by atoms with Gasteiger partial charge in [-0.25, -0.2) is 19.5 Å². The largest absolute Gasteiger partial charge is 0.478 e. The molecule has 9 heteroatoms. The molecule has 1 heterocycles. The van der Waals surface area contributed by atoms with E-state index in [0.29, 0.717) is 4.90 Å². The van der Waals surface area contributed by atoms with Crippen molar-refractivity contribution in [2.75, 3.05) is 4.90 Å². The van der Waals surface area contributed by atoms with Crippen molar-refractivity contribution in [1.29, 1.82) is 0 Å². The summed E-state index contributed by atoms with van der Waals surface area (Å²) in [7, 11) is 0. The van der Waals surface area contributed by atoms with Gasteiger partial charge in [0.15, 0.2) is 5.82 Å². The van der Waals surface area contributed by atoms with E-state index in [-0.39, 0.29) is 17.1 Å². The quantitative estimate of drug-likeness (QED) is 0.819. The van der Waals surface area contributed by atoms with Crippen LogP contribution in [0, 0.1) is 0 Å². The van der Waals surface area contributed by atoms with Crippen LogP contribution in [0.3, 0.4) is 0 Å². The van der Waals surface area contributed by atoms with Gasteiger partial charge in [0.1, 0.15) is 11.2 Å². The highest BCUT2D eigenvalue weighted by Crippen LogP contribution is 2.35. The fourth-order valence-electron chi connectivity index (χ4n) is 2.19. The third-order valence-corrected chi connectivity index (χ3v) is 3.24. The van der Waals surface area contributed by atoms with Gasteiger partial charge in [-0.15, -0.1) is 0 Å². The van der Waals surface area contributed by atoms with Crippen LogP contribution in [0.15, 0.2) is 42.6 Å². The van der Waals surface area contributed by atoms with E-state index in [0.717, 1.165) is 18.2 Å². The van der Waals surface area contributed by atoms with E-state index >= 15 is 0 Å². The van der Waals surface area contributed by atoms with E-state index in [9.17, 15) is 27.9 Å². The minimum atomic E-state index is -4.64. The summed E-state index contributed by atoms with van der Waals surface area (Å²) >= 11 is 0. The number of rotatable bonds is 3. The van der Waals surface area contributed by atoms with Crippen LogP contribution >= 0.6 is 0 Å². The minimum Gasteiger partial charge on any atom is -0.478 e. The zero-order valence-electron chi connectivity index (χ0n) is 14.7. The molecule has 0 fully saturated rings. The van der Waals surface area contributed by atoms with Crippen LogP contribution in [0.4, 0.5) is 29.5 Å². The summed E-state index contributed by atoms with van der Waals surface area (Å²) in [5, 5.41) is 9.36. The predicted octanol–water partition coefficient (Wildman–Crippen LogP) is 4.87. The average Bonchev–Trinajstić information content (AvgIpc) is 2.53. The number of aromatic carboxylic acids is 1. The Morgan fingerprint density at radius 2 is 1.78 bits per heavy atom. The van der Waals surface area contributed by atoms with Crippen molar-refractivity contribution in [3.63, 3.8) is 0 Å². The zero-order valence-corrected chi connectivity index (χ0v) is 14.7. The van der Waals surface area contributed by atoms with Crippen LogP contribution in [0.25, 0.3) is 0 Å². The van der Waals surface area contributed by atoms with Crippen molar-refractivity contribution in [2.45, 2.75) is 32.5 Å². The standard InChI is InChI=1S/C18H17F3N2O4/c1-17(2,3)27-16(26)23(14-13(15(24)25)8-5-9-22-14)12-7-4-6-11(10-12)18(19,20)21/h4-10H,1-3H3,(H,24,25). The van der Waals surface area contributed by atoms with Crippen LogP contribution in [0.5, 0.6) is 0 Å². The monoisotopic (exact) mass is 382 g/mol. The second kappa shape index (κ2) is 7.26. The second-order valence-corrected chi connectivity index (χ2v) is 6.54. The lowest BCUT2D eigenvalue weighted by Crippen LogP contribution is -2.35. The molecule has 0 aliphatic heterocycles. The van der Waals surface area contributed by atoms with Crippen LogP contribution in [0.2, 0.25) is 0 Å². The van der Waals surface area contributed by atoms with Crippen molar-refractivity contribution in [1.82, 2.24) is 4.98 Å². The lowest BCUT2D eigenvalue weighted by Gasteiger charge is -2.27. The number of carboxylic acid groups (broad SMARTS) is 1. The van der Waals surface area contributed by atoms with Crippen LogP contribution in [-0.4, -0.2) is 27.8 Å². The van der Waals surface area contributed by atoms with E-state index < -0.39 is 29.4 Å². The Kier molecular flexibility index (Phi) is 5.43. The second-order valence-electron chi connectivity index (χ2n) is 6.54. The third kappa shape index (κ3) is 4.96. The first kappa shape index (κ1) is 20.2. The molecule has 2 rings (SSSR count). The molecule has 2 aromatic rings. The molecule has 1 N–H and O–H groups in total. The van der Waals surface area contributed by atoms with E-state index in [1.807, 2.05) is 0 Å². The SMILES string of the molecule is CC(C)(C)OC(=O)N(c1cccc(C(F)(F)F)c1)c1ncccc1C(=O)O. The molecule has 0 atom stereocenters. The summed E-state index contributed by atoms with van der Waals surface area (Å²) in [5.74, 6) is -1.74. The van der Waals surface area contributed by atoms with E-state index in [4.69, 9.17) is 4.74 Å². The van der Waals surface area contributed by atoms with Crippen LogP contribution in [-0.2, 0) is 10.9 Å². The van der Waals surface area contributed by atoms with Crippen LogP contribution < -0.4 is 4.90 Å². The first-order valence-electron chi connectivity index (χ1n) is 7.79. The molecule has 0 radical (unpaired) electrons. The molecule has 1 amide bonds. The maximum Gasteiger partial charge on any atom is 0.420 e. The molecular weight excluding hydrogens is 365 g/mol. The molecule has 0 saturated heterocycles. The van der Waals surface area contributed by atoms with Gasteiger partial charge in [0.2, 0.25) is 0 Å². The number of aromatic nitrogens is 1. The molecule has 0 aliphatic rings. The van der Waals surface area contributed by atoms with Gasteiger partial charge in [-0.2, -0.15) is 13.2 Å². The minimum absolute atomic E-state index is 0.222. The highest BCUT2D eigenvalue weighted by Gasteiger charge is 2.33. The molecule has 0 saturated carbocycles. The van der Waals surface area contributed by atoms with Gasteiger partial charge >= 0.3 is 18.2 Å². The molecule has 6 nitrogen and oxygen atoms in total. The van der Waals surface area contributed by atoms with Gasteiger partial charge < -0.3 is 9.84 Å². The number of carbonyl (C=O) groups excluding carboxylic acids is 1. The number of carbonyl (C=O) groups is 2. The Morgan fingerprint density at radius 1 is 1.11 bits per heavy atom. The molecule has 0 bridgehead atoms. The summed E-state index contributed by atoms with van der Waals surface area (Å²) < 4.78 is 44.4. The number of halogens is 3. The molecule has 1 aromatic carbocycles. The van der Waals surface area contributed by atoms with Gasteiger partial charge in [0.05, 0.1) is 11.3 Å². The molecule has 0 spiro atoms. The molecular formula is C18H17F3N2O4.